The summed E-state index contributed by atoms with van der Waals surface area (Å²) in [6, 6.07) is 24.7. The van der Waals surface area contributed by atoms with Gasteiger partial charge in [0.15, 0.2) is 0 Å². The largest absolute Gasteiger partial charge is 0.462 e. The number of aliphatic imine (C=N–C) groups is 1. The first kappa shape index (κ1) is 22.4. The summed E-state index contributed by atoms with van der Waals surface area (Å²) in [5, 5.41) is 2.72. The summed E-state index contributed by atoms with van der Waals surface area (Å²) in [5.74, 6) is -1.31. The van der Waals surface area contributed by atoms with Crippen LogP contribution in [-0.4, -0.2) is 46.2 Å². The number of nitrogens with one attached hydrogen (secondary N) is 1. The van der Waals surface area contributed by atoms with Crippen molar-refractivity contribution in [2.75, 3.05) is 19.0 Å². The van der Waals surface area contributed by atoms with Gasteiger partial charge in [0, 0.05) is 30.0 Å². The average molecular weight is 467 g/mol. The first-order valence-corrected chi connectivity index (χ1v) is 11.4. The van der Waals surface area contributed by atoms with Gasteiger partial charge in [-0.3, -0.25) is 9.59 Å². The second-order valence-electron chi connectivity index (χ2n) is 9.15. The van der Waals surface area contributed by atoms with E-state index in [1.165, 1.54) is 0 Å². The molecule has 0 atom stereocenters. The van der Waals surface area contributed by atoms with E-state index >= 15 is 0 Å². The van der Waals surface area contributed by atoms with Crippen LogP contribution < -0.4 is 5.32 Å². The van der Waals surface area contributed by atoms with Gasteiger partial charge in [-0.15, -0.1) is 0 Å². The maximum Gasteiger partial charge on any atom is 0.298 e. The molecule has 1 fully saturated rings. The summed E-state index contributed by atoms with van der Waals surface area (Å²) in [7, 11) is 1.95. The third kappa shape index (κ3) is 4.28. The SMILES string of the molecule is CN1/C(=N/c2ccc(NC(=O)C(=O)c3c(-c4ccccc4)cc4ccccn34)cc2)OCC1(C)C. The topological polar surface area (TPSA) is 75.4 Å². The average Bonchev–Trinajstić information content (AvgIpc) is 3.38. The number of anilines is 1. The molecule has 0 saturated carbocycles. The highest BCUT2D eigenvalue weighted by Gasteiger charge is 2.35. The van der Waals surface area contributed by atoms with Crippen molar-refractivity contribution in [3.05, 3.63) is 90.8 Å². The van der Waals surface area contributed by atoms with Crippen molar-refractivity contribution in [3.8, 4) is 11.1 Å². The van der Waals surface area contributed by atoms with Crippen LogP contribution in [0.5, 0.6) is 0 Å². The van der Waals surface area contributed by atoms with Gasteiger partial charge >= 0.3 is 0 Å². The van der Waals surface area contributed by atoms with Gasteiger partial charge in [-0.1, -0.05) is 36.4 Å². The molecule has 0 bridgehead atoms. The number of amidine groups is 1. The molecule has 1 saturated heterocycles. The van der Waals surface area contributed by atoms with Crippen molar-refractivity contribution in [3.63, 3.8) is 0 Å². The normalized spacial score (nSPS) is 15.9. The molecule has 1 amide bonds. The maximum atomic E-state index is 13.3. The summed E-state index contributed by atoms with van der Waals surface area (Å²) >= 11 is 0. The highest BCUT2D eigenvalue weighted by atomic mass is 16.5. The zero-order chi connectivity index (χ0) is 24.6. The van der Waals surface area contributed by atoms with Crippen LogP contribution in [0.3, 0.4) is 0 Å². The third-order valence-corrected chi connectivity index (χ3v) is 6.29. The molecule has 1 N–H and O–H groups in total. The molecule has 35 heavy (non-hydrogen) atoms. The molecular formula is C28H26N4O3. The number of ether oxygens (including phenoxy) is 1. The smallest absolute Gasteiger partial charge is 0.298 e. The zero-order valence-electron chi connectivity index (χ0n) is 19.9. The number of aromatic nitrogens is 1. The number of amides is 1. The van der Waals surface area contributed by atoms with Crippen LogP contribution in [0.2, 0.25) is 0 Å². The van der Waals surface area contributed by atoms with Crippen molar-refractivity contribution < 1.29 is 14.3 Å². The molecule has 3 heterocycles. The Kier molecular flexibility index (Phi) is 5.61. The molecule has 0 spiro atoms. The molecule has 1 aliphatic heterocycles. The molecule has 0 radical (unpaired) electrons. The molecular weight excluding hydrogens is 440 g/mol. The lowest BCUT2D eigenvalue weighted by Gasteiger charge is -2.24. The number of hydrogen-bond donors (Lipinski definition) is 1. The molecule has 0 aliphatic carbocycles. The van der Waals surface area contributed by atoms with E-state index in [1.807, 2.05) is 66.5 Å². The number of Topliss-reactive ketones (excluding diaryl/α,β-unsaturated/α-hetero) is 1. The van der Waals surface area contributed by atoms with Gasteiger partial charge in [-0.25, -0.2) is 0 Å². The van der Waals surface area contributed by atoms with E-state index in [2.05, 4.69) is 24.2 Å². The van der Waals surface area contributed by atoms with Crippen LogP contribution in [0.4, 0.5) is 11.4 Å². The van der Waals surface area contributed by atoms with E-state index in [1.54, 1.807) is 34.9 Å². The minimum Gasteiger partial charge on any atom is -0.462 e. The number of fused-ring (bicyclic) bond motifs is 1. The number of carbonyl (C=O) groups is 2. The number of pyridine rings is 1. The summed E-state index contributed by atoms with van der Waals surface area (Å²) in [4.78, 5) is 32.9. The zero-order valence-corrected chi connectivity index (χ0v) is 19.9. The van der Waals surface area contributed by atoms with Crippen molar-refractivity contribution in [2.24, 2.45) is 4.99 Å². The first-order chi connectivity index (χ1) is 16.8. The molecule has 176 valence electrons. The van der Waals surface area contributed by atoms with Gasteiger partial charge in [0.1, 0.15) is 12.3 Å². The number of nitrogens with zero attached hydrogens (tertiary/aromatic N) is 3. The molecule has 7 heteroatoms. The fourth-order valence-electron chi connectivity index (χ4n) is 4.02. The Bertz CT molecular complexity index is 1440. The summed E-state index contributed by atoms with van der Waals surface area (Å²) < 4.78 is 7.45. The standard InChI is InChI=1S/C28H26N4O3/c1-28(2)18-35-27(31(28)3)30-21-14-12-20(13-15-21)29-26(34)25(33)24-23(19-9-5-4-6-10-19)17-22-11-7-8-16-32(22)24/h4-17H,18H2,1-3H3,(H,29,34)/b30-27-. The second-order valence-corrected chi connectivity index (χ2v) is 9.15. The van der Waals surface area contributed by atoms with Gasteiger partial charge in [0.05, 0.1) is 11.2 Å². The van der Waals surface area contributed by atoms with E-state index in [4.69, 9.17) is 4.74 Å². The number of rotatable bonds is 5. The Hall–Kier alpha value is -4.39. The molecule has 4 aromatic rings. The Morgan fingerprint density at radius 3 is 2.37 bits per heavy atom. The molecule has 2 aromatic carbocycles. The molecule has 5 rings (SSSR count). The lowest BCUT2D eigenvalue weighted by molar-refractivity contribution is -0.112. The molecule has 1 aliphatic rings. The predicted molar refractivity (Wildman–Crippen MR) is 137 cm³/mol. The summed E-state index contributed by atoms with van der Waals surface area (Å²) in [5.41, 5.74) is 3.84. The van der Waals surface area contributed by atoms with Crippen molar-refractivity contribution in [1.82, 2.24) is 9.30 Å². The monoisotopic (exact) mass is 466 g/mol. The quantitative estimate of drug-likeness (QED) is 0.326. The maximum absolute atomic E-state index is 13.3. The van der Waals surface area contributed by atoms with Gasteiger partial charge in [-0.05, 0) is 61.9 Å². The Morgan fingerprint density at radius 1 is 0.971 bits per heavy atom. The molecule has 2 aromatic heterocycles. The Labute approximate surface area is 203 Å². The minimum absolute atomic E-state index is 0.116. The number of benzene rings is 2. The minimum atomic E-state index is -0.703. The Balaban J connectivity index is 1.38. The van der Waals surface area contributed by atoms with Crippen molar-refractivity contribution in [2.45, 2.75) is 19.4 Å². The fourth-order valence-corrected chi connectivity index (χ4v) is 4.02. The van der Waals surface area contributed by atoms with Crippen LogP contribution in [0, 0.1) is 0 Å². The lowest BCUT2D eigenvalue weighted by atomic mass is 10.0. The van der Waals surface area contributed by atoms with E-state index in [-0.39, 0.29) is 5.54 Å². The fraction of sp³-hybridized carbons (Fsp3) is 0.179. The van der Waals surface area contributed by atoms with Crippen LogP contribution >= 0.6 is 0 Å². The van der Waals surface area contributed by atoms with Crippen LogP contribution in [0.25, 0.3) is 16.6 Å². The van der Waals surface area contributed by atoms with Gasteiger partial charge in [0.2, 0.25) is 0 Å². The molecule has 7 nitrogen and oxygen atoms in total. The Morgan fingerprint density at radius 2 is 1.69 bits per heavy atom. The van der Waals surface area contributed by atoms with E-state index in [9.17, 15) is 9.59 Å². The van der Waals surface area contributed by atoms with Gasteiger partial charge in [0.25, 0.3) is 17.7 Å². The number of likely N-dealkylation sites (N-methyl/N-ethyl adjacent to an activating group) is 1. The van der Waals surface area contributed by atoms with Crippen LogP contribution in [0.1, 0.15) is 24.3 Å². The third-order valence-electron chi connectivity index (χ3n) is 6.29. The van der Waals surface area contributed by atoms with Gasteiger partial charge in [-0.2, -0.15) is 4.99 Å². The number of ketones is 1. The lowest BCUT2D eigenvalue weighted by Crippen LogP contribution is -2.38. The van der Waals surface area contributed by atoms with E-state index < -0.39 is 11.7 Å². The number of hydrogen-bond acceptors (Lipinski definition) is 4. The van der Waals surface area contributed by atoms with Crippen LogP contribution in [-0.2, 0) is 9.53 Å². The second kappa shape index (κ2) is 8.76. The number of carbonyl (C=O) groups excluding carboxylic acids is 2. The van der Waals surface area contributed by atoms with Crippen molar-refractivity contribution >= 4 is 34.6 Å². The first-order valence-electron chi connectivity index (χ1n) is 11.4. The highest BCUT2D eigenvalue weighted by molar-refractivity contribution is 6.47. The van der Waals surface area contributed by atoms with Crippen molar-refractivity contribution in [1.29, 1.82) is 0 Å². The summed E-state index contributed by atoms with van der Waals surface area (Å²) in [6.07, 6.45) is 1.79. The van der Waals surface area contributed by atoms with E-state index in [0.29, 0.717) is 35.3 Å². The highest BCUT2D eigenvalue weighted by Crippen LogP contribution is 2.29. The van der Waals surface area contributed by atoms with E-state index in [0.717, 1.165) is 11.1 Å². The van der Waals surface area contributed by atoms with Crippen LogP contribution in [0.15, 0.2) is 90.1 Å². The molecule has 0 unspecified atom stereocenters. The summed E-state index contributed by atoms with van der Waals surface area (Å²) in [6.45, 7) is 4.74. The predicted octanol–water partition coefficient (Wildman–Crippen LogP) is 5.16. The van der Waals surface area contributed by atoms with Gasteiger partial charge < -0.3 is 19.4 Å².